The van der Waals surface area contributed by atoms with Gasteiger partial charge in [-0.1, -0.05) is 48.9 Å². The third-order valence-corrected chi connectivity index (χ3v) is 4.21. The molecule has 126 valence electrons. The first-order chi connectivity index (χ1) is 11.5. The summed E-state index contributed by atoms with van der Waals surface area (Å²) >= 11 is 6.12. The Morgan fingerprint density at radius 2 is 1.79 bits per heavy atom. The van der Waals surface area contributed by atoms with Crippen molar-refractivity contribution in [2.24, 2.45) is 5.92 Å². The SMILES string of the molecule is CC(Cc1ccccc1Cl)C(=O)NCCc1ccc(C(=O)O)cc1. The summed E-state index contributed by atoms with van der Waals surface area (Å²) in [5.74, 6) is -1.13. The van der Waals surface area contributed by atoms with E-state index in [9.17, 15) is 9.59 Å². The maximum Gasteiger partial charge on any atom is 0.335 e. The van der Waals surface area contributed by atoms with Crippen molar-refractivity contribution in [2.75, 3.05) is 6.54 Å². The average molecular weight is 346 g/mol. The normalized spacial score (nSPS) is 11.8. The first kappa shape index (κ1) is 18.0. The van der Waals surface area contributed by atoms with Gasteiger partial charge in [-0.3, -0.25) is 4.79 Å². The van der Waals surface area contributed by atoms with E-state index < -0.39 is 5.97 Å². The van der Waals surface area contributed by atoms with E-state index in [1.54, 1.807) is 24.3 Å². The first-order valence-corrected chi connectivity index (χ1v) is 8.18. The Hall–Kier alpha value is -2.33. The molecule has 1 amide bonds. The van der Waals surface area contributed by atoms with E-state index >= 15 is 0 Å². The maximum atomic E-state index is 12.2. The van der Waals surface area contributed by atoms with Crippen molar-refractivity contribution >= 4 is 23.5 Å². The van der Waals surface area contributed by atoms with Crippen molar-refractivity contribution in [1.29, 1.82) is 0 Å². The molecule has 2 rings (SSSR count). The lowest BCUT2D eigenvalue weighted by Gasteiger charge is -2.13. The number of carboxylic acids is 1. The summed E-state index contributed by atoms with van der Waals surface area (Å²) in [5, 5.41) is 12.4. The fourth-order valence-electron chi connectivity index (χ4n) is 2.40. The summed E-state index contributed by atoms with van der Waals surface area (Å²) in [6.07, 6.45) is 1.25. The van der Waals surface area contributed by atoms with Gasteiger partial charge in [0.1, 0.15) is 0 Å². The number of aromatic carboxylic acids is 1. The summed E-state index contributed by atoms with van der Waals surface area (Å²) in [6.45, 7) is 2.39. The number of amides is 1. The van der Waals surface area contributed by atoms with E-state index in [4.69, 9.17) is 16.7 Å². The molecule has 1 unspecified atom stereocenters. The second kappa shape index (κ2) is 8.50. The quantitative estimate of drug-likeness (QED) is 0.806. The van der Waals surface area contributed by atoms with Crippen molar-refractivity contribution in [2.45, 2.75) is 19.8 Å². The van der Waals surface area contributed by atoms with Crippen LogP contribution in [0.4, 0.5) is 0 Å². The molecule has 0 aliphatic rings. The lowest BCUT2D eigenvalue weighted by Crippen LogP contribution is -2.31. The number of hydrogen-bond donors (Lipinski definition) is 2. The molecular formula is C19H20ClNO3. The van der Waals surface area contributed by atoms with E-state index in [1.165, 1.54) is 0 Å². The number of hydrogen-bond acceptors (Lipinski definition) is 2. The Bertz CT molecular complexity index is 713. The van der Waals surface area contributed by atoms with Crippen LogP contribution in [-0.4, -0.2) is 23.5 Å². The lowest BCUT2D eigenvalue weighted by atomic mass is 10.0. The van der Waals surface area contributed by atoms with Crippen molar-refractivity contribution in [3.05, 3.63) is 70.2 Å². The monoisotopic (exact) mass is 345 g/mol. The highest BCUT2D eigenvalue weighted by Crippen LogP contribution is 2.18. The zero-order valence-corrected chi connectivity index (χ0v) is 14.2. The maximum absolute atomic E-state index is 12.2. The molecule has 0 aromatic heterocycles. The van der Waals surface area contributed by atoms with Crippen LogP contribution in [0.5, 0.6) is 0 Å². The second-order valence-electron chi connectivity index (χ2n) is 5.74. The molecule has 5 heteroatoms. The number of halogens is 1. The Kier molecular flexibility index (Phi) is 6.38. The summed E-state index contributed by atoms with van der Waals surface area (Å²) in [4.78, 5) is 23.0. The van der Waals surface area contributed by atoms with E-state index in [2.05, 4.69) is 5.32 Å². The zero-order valence-electron chi connectivity index (χ0n) is 13.5. The van der Waals surface area contributed by atoms with Crippen LogP contribution in [0.3, 0.4) is 0 Å². The summed E-state index contributed by atoms with van der Waals surface area (Å²) in [7, 11) is 0. The molecule has 0 aliphatic heterocycles. The lowest BCUT2D eigenvalue weighted by molar-refractivity contribution is -0.124. The highest BCUT2D eigenvalue weighted by atomic mass is 35.5. The predicted molar refractivity (Wildman–Crippen MR) is 94.4 cm³/mol. The van der Waals surface area contributed by atoms with Crippen LogP contribution in [0.2, 0.25) is 5.02 Å². The van der Waals surface area contributed by atoms with Crippen LogP contribution in [0, 0.1) is 5.92 Å². The summed E-state index contributed by atoms with van der Waals surface area (Å²) in [6, 6.07) is 14.2. The Balaban J connectivity index is 1.80. The van der Waals surface area contributed by atoms with Crippen molar-refractivity contribution in [1.82, 2.24) is 5.32 Å². The number of benzene rings is 2. The highest BCUT2D eigenvalue weighted by Gasteiger charge is 2.14. The van der Waals surface area contributed by atoms with Gasteiger partial charge in [0.25, 0.3) is 0 Å². The topological polar surface area (TPSA) is 66.4 Å². The molecule has 0 radical (unpaired) electrons. The van der Waals surface area contributed by atoms with Crippen LogP contribution >= 0.6 is 11.6 Å². The van der Waals surface area contributed by atoms with E-state index in [-0.39, 0.29) is 17.4 Å². The molecule has 4 nitrogen and oxygen atoms in total. The van der Waals surface area contributed by atoms with Gasteiger partial charge in [0.2, 0.25) is 5.91 Å². The van der Waals surface area contributed by atoms with Crippen molar-refractivity contribution < 1.29 is 14.7 Å². The van der Waals surface area contributed by atoms with Gasteiger partial charge in [0, 0.05) is 17.5 Å². The standard InChI is InChI=1S/C19H20ClNO3/c1-13(12-16-4-2-3-5-17(16)20)18(22)21-11-10-14-6-8-15(9-7-14)19(23)24/h2-9,13H,10-12H2,1H3,(H,21,22)(H,23,24). The number of rotatable bonds is 7. The van der Waals surface area contributed by atoms with Gasteiger partial charge >= 0.3 is 5.97 Å². The summed E-state index contributed by atoms with van der Waals surface area (Å²) in [5.41, 5.74) is 2.21. The van der Waals surface area contributed by atoms with Crippen LogP contribution in [0.15, 0.2) is 48.5 Å². The number of carbonyl (C=O) groups is 2. The molecule has 0 bridgehead atoms. The Labute approximate surface area is 146 Å². The fraction of sp³-hybridized carbons (Fsp3) is 0.263. The third kappa shape index (κ3) is 5.10. The van der Waals surface area contributed by atoms with Crippen LogP contribution in [0.25, 0.3) is 0 Å². The molecule has 0 spiro atoms. The number of nitrogens with one attached hydrogen (secondary N) is 1. The molecule has 2 N–H and O–H groups in total. The van der Waals surface area contributed by atoms with Gasteiger partial charge in [0.15, 0.2) is 0 Å². The first-order valence-electron chi connectivity index (χ1n) is 7.80. The van der Waals surface area contributed by atoms with Gasteiger partial charge in [0.05, 0.1) is 5.56 Å². The average Bonchev–Trinajstić information content (AvgIpc) is 2.57. The van der Waals surface area contributed by atoms with Crippen LogP contribution in [0.1, 0.15) is 28.4 Å². The molecular weight excluding hydrogens is 326 g/mol. The predicted octanol–water partition coefficient (Wildman–Crippen LogP) is 3.58. The largest absolute Gasteiger partial charge is 0.478 e. The Morgan fingerprint density at radius 1 is 1.12 bits per heavy atom. The molecule has 0 fully saturated rings. The van der Waals surface area contributed by atoms with Crippen molar-refractivity contribution in [3.63, 3.8) is 0 Å². The zero-order chi connectivity index (χ0) is 17.5. The van der Waals surface area contributed by atoms with Crippen LogP contribution < -0.4 is 5.32 Å². The minimum absolute atomic E-state index is 0.0166. The molecule has 0 saturated carbocycles. The molecule has 2 aromatic rings. The molecule has 1 atom stereocenters. The molecule has 0 saturated heterocycles. The minimum atomic E-state index is -0.941. The van der Waals surface area contributed by atoms with E-state index in [0.717, 1.165) is 11.1 Å². The highest BCUT2D eigenvalue weighted by molar-refractivity contribution is 6.31. The van der Waals surface area contributed by atoms with Gasteiger partial charge in [-0.15, -0.1) is 0 Å². The molecule has 24 heavy (non-hydrogen) atoms. The van der Waals surface area contributed by atoms with Gasteiger partial charge in [-0.25, -0.2) is 4.79 Å². The van der Waals surface area contributed by atoms with E-state index in [0.29, 0.717) is 24.4 Å². The smallest absolute Gasteiger partial charge is 0.335 e. The van der Waals surface area contributed by atoms with Crippen molar-refractivity contribution in [3.8, 4) is 0 Å². The van der Waals surface area contributed by atoms with Gasteiger partial charge < -0.3 is 10.4 Å². The van der Waals surface area contributed by atoms with E-state index in [1.807, 2.05) is 31.2 Å². The molecule has 0 aliphatic carbocycles. The molecule has 2 aromatic carbocycles. The third-order valence-electron chi connectivity index (χ3n) is 3.85. The van der Waals surface area contributed by atoms with Gasteiger partial charge in [-0.05, 0) is 42.2 Å². The Morgan fingerprint density at radius 3 is 2.42 bits per heavy atom. The fourth-order valence-corrected chi connectivity index (χ4v) is 2.62. The van der Waals surface area contributed by atoms with Gasteiger partial charge in [-0.2, -0.15) is 0 Å². The second-order valence-corrected chi connectivity index (χ2v) is 6.15. The number of carboxylic acid groups (broad SMARTS) is 1. The number of carbonyl (C=O) groups excluding carboxylic acids is 1. The van der Waals surface area contributed by atoms with Crippen LogP contribution in [-0.2, 0) is 17.6 Å². The summed E-state index contributed by atoms with van der Waals surface area (Å²) < 4.78 is 0. The minimum Gasteiger partial charge on any atom is -0.478 e. The molecule has 0 heterocycles.